The Morgan fingerprint density at radius 1 is 1.11 bits per heavy atom. The number of benzene rings is 2. The van der Waals surface area contributed by atoms with Crippen LogP contribution in [-0.4, -0.2) is 35.9 Å². The lowest BCUT2D eigenvalue weighted by Crippen LogP contribution is -2.28. The second kappa shape index (κ2) is 7.57. The first-order chi connectivity index (χ1) is 13.1. The van der Waals surface area contributed by atoms with Gasteiger partial charge < -0.3 is 9.80 Å². The monoisotopic (exact) mass is 379 g/mol. The highest BCUT2D eigenvalue weighted by atomic mass is 35.5. The topological polar surface area (TPSA) is 36.4 Å². The molecule has 0 aliphatic carbocycles. The van der Waals surface area contributed by atoms with Crippen LogP contribution in [0.2, 0.25) is 5.15 Å². The minimum absolute atomic E-state index is 0.0493. The maximum absolute atomic E-state index is 13.2. The van der Waals surface area contributed by atoms with Crippen molar-refractivity contribution in [2.24, 2.45) is 0 Å². The highest BCUT2D eigenvalue weighted by Crippen LogP contribution is 2.27. The molecule has 1 aliphatic rings. The summed E-state index contributed by atoms with van der Waals surface area (Å²) in [6.07, 6.45) is 2.45. The standard InChI is InChI=1S/C22H22ClN3O/c1-25(15-16-8-2-5-11-20(16)26-12-6-7-13-26)22(27)18-14-21(23)24-19-10-4-3-9-17(18)19/h2-5,8-11,14H,6-7,12-13,15H2,1H3. The van der Waals surface area contributed by atoms with Gasteiger partial charge >= 0.3 is 0 Å². The van der Waals surface area contributed by atoms with Gasteiger partial charge in [-0.1, -0.05) is 48.0 Å². The number of para-hydroxylation sites is 2. The molecule has 1 saturated heterocycles. The van der Waals surface area contributed by atoms with Crippen LogP contribution in [0.3, 0.4) is 0 Å². The molecule has 5 heteroatoms. The number of hydrogen-bond donors (Lipinski definition) is 0. The van der Waals surface area contributed by atoms with Crippen molar-refractivity contribution in [3.8, 4) is 0 Å². The fraction of sp³-hybridized carbons (Fsp3) is 0.273. The third kappa shape index (κ3) is 3.62. The number of rotatable bonds is 4. The molecule has 0 saturated carbocycles. The number of anilines is 1. The summed E-state index contributed by atoms with van der Waals surface area (Å²) in [5.74, 6) is -0.0493. The molecule has 1 amide bonds. The number of carbonyl (C=O) groups is 1. The van der Waals surface area contributed by atoms with Gasteiger partial charge in [0.1, 0.15) is 5.15 Å². The van der Waals surface area contributed by atoms with Gasteiger partial charge in [-0.15, -0.1) is 0 Å². The molecule has 2 heterocycles. The van der Waals surface area contributed by atoms with Crippen LogP contribution >= 0.6 is 11.6 Å². The Bertz CT molecular complexity index is 982. The molecule has 1 aromatic heterocycles. The van der Waals surface area contributed by atoms with E-state index in [4.69, 9.17) is 11.6 Å². The highest BCUT2D eigenvalue weighted by Gasteiger charge is 2.20. The SMILES string of the molecule is CN(Cc1ccccc1N1CCCC1)C(=O)c1cc(Cl)nc2ccccc12. The predicted octanol–water partition coefficient (Wildman–Crippen LogP) is 4.76. The largest absolute Gasteiger partial charge is 0.371 e. The zero-order valence-electron chi connectivity index (χ0n) is 15.4. The molecule has 0 spiro atoms. The zero-order chi connectivity index (χ0) is 18.8. The summed E-state index contributed by atoms with van der Waals surface area (Å²) >= 11 is 6.16. The number of amides is 1. The summed E-state index contributed by atoms with van der Waals surface area (Å²) in [5, 5.41) is 1.16. The number of fused-ring (bicyclic) bond motifs is 1. The van der Waals surface area contributed by atoms with Crippen LogP contribution in [-0.2, 0) is 6.54 Å². The third-order valence-electron chi connectivity index (χ3n) is 5.11. The molecule has 0 atom stereocenters. The van der Waals surface area contributed by atoms with Gasteiger partial charge in [0, 0.05) is 37.8 Å². The number of hydrogen-bond acceptors (Lipinski definition) is 3. The van der Waals surface area contributed by atoms with Crippen molar-refractivity contribution in [3.63, 3.8) is 0 Å². The van der Waals surface area contributed by atoms with Gasteiger partial charge in [-0.3, -0.25) is 4.79 Å². The van der Waals surface area contributed by atoms with Gasteiger partial charge in [0.2, 0.25) is 0 Å². The molecule has 0 radical (unpaired) electrons. The minimum Gasteiger partial charge on any atom is -0.371 e. The normalized spacial score (nSPS) is 13.9. The van der Waals surface area contributed by atoms with Crippen LogP contribution in [0.25, 0.3) is 10.9 Å². The maximum Gasteiger partial charge on any atom is 0.254 e. The first kappa shape index (κ1) is 17.8. The van der Waals surface area contributed by atoms with E-state index >= 15 is 0 Å². The second-order valence-corrected chi connectivity index (χ2v) is 7.38. The number of pyridine rings is 1. The second-order valence-electron chi connectivity index (χ2n) is 6.99. The molecule has 27 heavy (non-hydrogen) atoms. The van der Waals surface area contributed by atoms with Crippen molar-refractivity contribution in [2.45, 2.75) is 19.4 Å². The lowest BCUT2D eigenvalue weighted by atomic mass is 10.1. The quantitative estimate of drug-likeness (QED) is 0.613. The Balaban J connectivity index is 1.63. The molecule has 1 fully saturated rings. The van der Waals surface area contributed by atoms with Gasteiger partial charge in [-0.05, 0) is 36.6 Å². The van der Waals surface area contributed by atoms with Crippen LogP contribution in [0.5, 0.6) is 0 Å². The Morgan fingerprint density at radius 3 is 2.63 bits per heavy atom. The van der Waals surface area contributed by atoms with E-state index in [1.54, 1.807) is 11.0 Å². The molecule has 0 unspecified atom stereocenters. The van der Waals surface area contributed by atoms with E-state index in [0.717, 1.165) is 24.0 Å². The first-order valence-corrected chi connectivity index (χ1v) is 9.65. The van der Waals surface area contributed by atoms with Gasteiger partial charge in [0.25, 0.3) is 5.91 Å². The zero-order valence-corrected chi connectivity index (χ0v) is 16.1. The van der Waals surface area contributed by atoms with Crippen molar-refractivity contribution in [1.29, 1.82) is 0 Å². The van der Waals surface area contributed by atoms with E-state index in [2.05, 4.69) is 28.1 Å². The Labute approximate surface area is 164 Å². The smallest absolute Gasteiger partial charge is 0.254 e. The van der Waals surface area contributed by atoms with E-state index in [0.29, 0.717) is 17.3 Å². The third-order valence-corrected chi connectivity index (χ3v) is 5.30. The van der Waals surface area contributed by atoms with E-state index in [1.165, 1.54) is 24.1 Å². The average molecular weight is 380 g/mol. The molecule has 4 rings (SSSR count). The fourth-order valence-corrected chi connectivity index (χ4v) is 3.96. The molecule has 0 bridgehead atoms. The van der Waals surface area contributed by atoms with E-state index < -0.39 is 0 Å². The van der Waals surface area contributed by atoms with Crippen molar-refractivity contribution < 1.29 is 4.79 Å². The van der Waals surface area contributed by atoms with E-state index in [-0.39, 0.29) is 5.91 Å². The van der Waals surface area contributed by atoms with Crippen LogP contribution in [0, 0.1) is 0 Å². The first-order valence-electron chi connectivity index (χ1n) is 9.27. The number of halogens is 1. The fourth-order valence-electron chi connectivity index (χ4n) is 3.76. The summed E-state index contributed by atoms with van der Waals surface area (Å²) in [6.45, 7) is 2.72. The number of nitrogens with zero attached hydrogens (tertiary/aromatic N) is 3. The summed E-state index contributed by atoms with van der Waals surface area (Å²) in [4.78, 5) is 21.7. The van der Waals surface area contributed by atoms with Crippen LogP contribution < -0.4 is 4.90 Å². The summed E-state index contributed by atoms with van der Waals surface area (Å²) in [7, 11) is 1.84. The molecule has 2 aromatic carbocycles. The van der Waals surface area contributed by atoms with Crippen molar-refractivity contribution in [2.75, 3.05) is 25.0 Å². The van der Waals surface area contributed by atoms with Gasteiger partial charge in [-0.25, -0.2) is 4.98 Å². The van der Waals surface area contributed by atoms with Crippen LogP contribution in [0.1, 0.15) is 28.8 Å². The lowest BCUT2D eigenvalue weighted by molar-refractivity contribution is 0.0787. The van der Waals surface area contributed by atoms with Crippen molar-refractivity contribution in [3.05, 3.63) is 70.9 Å². The lowest BCUT2D eigenvalue weighted by Gasteiger charge is -2.25. The van der Waals surface area contributed by atoms with E-state index in [9.17, 15) is 4.79 Å². The molecule has 3 aromatic rings. The highest BCUT2D eigenvalue weighted by molar-refractivity contribution is 6.30. The van der Waals surface area contributed by atoms with Crippen LogP contribution in [0.4, 0.5) is 5.69 Å². The summed E-state index contributed by atoms with van der Waals surface area (Å²) < 4.78 is 0. The Morgan fingerprint density at radius 2 is 1.81 bits per heavy atom. The van der Waals surface area contributed by atoms with Crippen LogP contribution in [0.15, 0.2) is 54.6 Å². The molecule has 1 aliphatic heterocycles. The Hall–Kier alpha value is -2.59. The average Bonchev–Trinajstić information content (AvgIpc) is 3.21. The van der Waals surface area contributed by atoms with Gasteiger partial charge in [0.15, 0.2) is 0 Å². The van der Waals surface area contributed by atoms with Gasteiger partial charge in [0.05, 0.1) is 11.1 Å². The maximum atomic E-state index is 13.2. The van der Waals surface area contributed by atoms with Gasteiger partial charge in [-0.2, -0.15) is 0 Å². The molecule has 0 N–H and O–H groups in total. The van der Waals surface area contributed by atoms with Crippen molar-refractivity contribution >= 4 is 34.1 Å². The molecule has 4 nitrogen and oxygen atoms in total. The number of carbonyl (C=O) groups excluding carboxylic acids is 1. The molecule has 138 valence electrons. The van der Waals surface area contributed by atoms with Crippen molar-refractivity contribution in [1.82, 2.24) is 9.88 Å². The molecular formula is C22H22ClN3O. The van der Waals surface area contributed by atoms with E-state index in [1.807, 2.05) is 37.4 Å². The number of aromatic nitrogens is 1. The minimum atomic E-state index is -0.0493. The summed E-state index contributed by atoms with van der Waals surface area (Å²) in [6, 6.07) is 17.6. The Kier molecular flexibility index (Phi) is 4.99. The summed E-state index contributed by atoms with van der Waals surface area (Å²) in [5.41, 5.74) is 3.72. The predicted molar refractivity (Wildman–Crippen MR) is 110 cm³/mol. The molecular weight excluding hydrogens is 358 g/mol.